The van der Waals surface area contributed by atoms with Gasteiger partial charge in [-0.2, -0.15) is 0 Å². The van der Waals surface area contributed by atoms with E-state index in [1.165, 1.54) is 36.1 Å². The number of nitrogens with zero attached hydrogens (tertiary/aromatic N) is 1. The van der Waals surface area contributed by atoms with Crippen molar-refractivity contribution in [3.8, 4) is 0 Å². The molecule has 0 saturated carbocycles. The number of hydrogen-bond donors (Lipinski definition) is 1. The van der Waals surface area contributed by atoms with Crippen LogP contribution >= 0.6 is 11.6 Å². The van der Waals surface area contributed by atoms with E-state index in [9.17, 15) is 0 Å². The molecular formula is C16H26ClN2+. The molecular weight excluding hydrogens is 256 g/mol. The average molecular weight is 282 g/mol. The summed E-state index contributed by atoms with van der Waals surface area (Å²) in [4.78, 5) is 0. The molecule has 0 aromatic heterocycles. The number of nitrogens with two attached hydrogens (primary N) is 1. The molecule has 0 spiro atoms. The van der Waals surface area contributed by atoms with Gasteiger partial charge in [-0.15, -0.1) is 0 Å². The number of quaternary nitrogens is 1. The summed E-state index contributed by atoms with van der Waals surface area (Å²) in [6.45, 7) is 10.3. The van der Waals surface area contributed by atoms with Crippen molar-refractivity contribution in [2.75, 3.05) is 26.2 Å². The van der Waals surface area contributed by atoms with Gasteiger partial charge >= 0.3 is 0 Å². The summed E-state index contributed by atoms with van der Waals surface area (Å²) in [6.07, 6.45) is 1.27. The highest BCUT2D eigenvalue weighted by atomic mass is 35.5. The van der Waals surface area contributed by atoms with Crippen LogP contribution in [0.2, 0.25) is 5.02 Å². The monoisotopic (exact) mass is 281 g/mol. The summed E-state index contributed by atoms with van der Waals surface area (Å²) in [5.74, 6) is 1.43. The van der Waals surface area contributed by atoms with E-state index >= 15 is 0 Å². The molecule has 1 fully saturated rings. The standard InChI is InChI=1S/C16H26ClN2/c1-13(2)10-19(8-7-15(9-18)12-19)11-14-3-5-16(17)6-4-14/h3-6,13,15H,7-12,18H2,1-2H3/q+1/t15-,19?/m1/s1. The van der Waals surface area contributed by atoms with Crippen LogP contribution in [-0.4, -0.2) is 30.7 Å². The van der Waals surface area contributed by atoms with Crippen LogP contribution in [0.3, 0.4) is 0 Å². The Kier molecular flexibility index (Phi) is 4.88. The van der Waals surface area contributed by atoms with E-state index in [-0.39, 0.29) is 0 Å². The molecule has 2 nitrogen and oxygen atoms in total. The second-order valence-corrected chi connectivity index (χ2v) is 6.94. The van der Waals surface area contributed by atoms with Crippen molar-refractivity contribution in [1.29, 1.82) is 0 Å². The first-order valence-corrected chi connectivity index (χ1v) is 7.70. The molecule has 0 amide bonds. The molecule has 0 radical (unpaired) electrons. The number of hydrogen-bond acceptors (Lipinski definition) is 1. The van der Waals surface area contributed by atoms with Gasteiger partial charge in [0.05, 0.1) is 19.6 Å². The van der Waals surface area contributed by atoms with Gasteiger partial charge in [0.2, 0.25) is 0 Å². The lowest BCUT2D eigenvalue weighted by molar-refractivity contribution is -0.933. The van der Waals surface area contributed by atoms with Gasteiger partial charge in [-0.25, -0.2) is 0 Å². The van der Waals surface area contributed by atoms with Crippen LogP contribution in [0.4, 0.5) is 0 Å². The van der Waals surface area contributed by atoms with Gasteiger partial charge < -0.3 is 10.2 Å². The highest BCUT2D eigenvalue weighted by molar-refractivity contribution is 6.30. The summed E-state index contributed by atoms with van der Waals surface area (Å²) in [6, 6.07) is 8.33. The van der Waals surface area contributed by atoms with Crippen LogP contribution in [0.5, 0.6) is 0 Å². The third-order valence-corrected chi connectivity index (χ3v) is 4.43. The minimum atomic E-state index is 0.700. The zero-order valence-electron chi connectivity index (χ0n) is 12.1. The largest absolute Gasteiger partial charge is 0.330 e. The van der Waals surface area contributed by atoms with Gasteiger partial charge in [0.15, 0.2) is 0 Å². The number of likely N-dealkylation sites (tertiary alicyclic amines) is 1. The Labute approximate surface area is 122 Å². The summed E-state index contributed by atoms with van der Waals surface area (Å²) in [5.41, 5.74) is 7.26. The van der Waals surface area contributed by atoms with Gasteiger partial charge in [-0.3, -0.25) is 0 Å². The smallest absolute Gasteiger partial charge is 0.104 e. The predicted molar refractivity (Wildman–Crippen MR) is 82.0 cm³/mol. The van der Waals surface area contributed by atoms with Crippen molar-refractivity contribution >= 4 is 11.6 Å². The van der Waals surface area contributed by atoms with E-state index < -0.39 is 0 Å². The summed E-state index contributed by atoms with van der Waals surface area (Å²) in [5, 5.41) is 0.820. The van der Waals surface area contributed by atoms with Crippen molar-refractivity contribution in [2.24, 2.45) is 17.6 Å². The van der Waals surface area contributed by atoms with Crippen molar-refractivity contribution in [3.63, 3.8) is 0 Å². The molecule has 1 aromatic rings. The molecule has 1 heterocycles. The lowest BCUT2D eigenvalue weighted by atomic mass is 10.1. The fourth-order valence-corrected chi connectivity index (χ4v) is 3.63. The van der Waals surface area contributed by atoms with E-state index in [0.29, 0.717) is 5.92 Å². The molecule has 1 unspecified atom stereocenters. The minimum absolute atomic E-state index is 0.700. The molecule has 3 heteroatoms. The highest BCUT2D eigenvalue weighted by Gasteiger charge is 2.37. The third-order valence-electron chi connectivity index (χ3n) is 4.17. The number of rotatable bonds is 5. The van der Waals surface area contributed by atoms with Gasteiger partial charge in [-0.05, 0) is 12.1 Å². The summed E-state index contributed by atoms with van der Waals surface area (Å²) in [7, 11) is 0. The molecule has 2 rings (SSSR count). The molecule has 1 aromatic carbocycles. The Morgan fingerprint density at radius 1 is 1.32 bits per heavy atom. The minimum Gasteiger partial charge on any atom is -0.330 e. The Bertz CT molecular complexity index is 402. The average Bonchev–Trinajstić information content (AvgIpc) is 2.75. The fraction of sp³-hybridized carbons (Fsp3) is 0.625. The first kappa shape index (κ1) is 14.8. The quantitative estimate of drug-likeness (QED) is 0.824. The number of benzene rings is 1. The van der Waals surface area contributed by atoms with Crippen molar-refractivity contribution in [1.82, 2.24) is 0 Å². The normalized spacial score (nSPS) is 27.1. The lowest BCUT2D eigenvalue weighted by Crippen LogP contribution is -2.48. The molecule has 0 aliphatic carbocycles. The molecule has 2 atom stereocenters. The van der Waals surface area contributed by atoms with Gasteiger partial charge in [0.25, 0.3) is 0 Å². The van der Waals surface area contributed by atoms with Crippen LogP contribution in [0.15, 0.2) is 24.3 Å². The molecule has 1 saturated heterocycles. The van der Waals surface area contributed by atoms with E-state index in [1.807, 2.05) is 12.1 Å². The third kappa shape index (κ3) is 3.95. The summed E-state index contributed by atoms with van der Waals surface area (Å²) >= 11 is 5.97. The van der Waals surface area contributed by atoms with Gasteiger partial charge in [0, 0.05) is 35.4 Å². The van der Waals surface area contributed by atoms with Crippen LogP contribution in [0.25, 0.3) is 0 Å². The Morgan fingerprint density at radius 2 is 2.00 bits per heavy atom. The van der Waals surface area contributed by atoms with Crippen LogP contribution in [0, 0.1) is 11.8 Å². The molecule has 19 heavy (non-hydrogen) atoms. The second-order valence-electron chi connectivity index (χ2n) is 6.50. The Morgan fingerprint density at radius 3 is 2.53 bits per heavy atom. The van der Waals surface area contributed by atoms with Crippen LogP contribution in [-0.2, 0) is 6.54 Å². The van der Waals surface area contributed by atoms with Crippen molar-refractivity contribution in [2.45, 2.75) is 26.8 Å². The Balaban J connectivity index is 2.12. The molecule has 1 aliphatic rings. The maximum atomic E-state index is 5.97. The first-order chi connectivity index (χ1) is 9.03. The van der Waals surface area contributed by atoms with E-state index in [0.717, 1.165) is 24.0 Å². The van der Waals surface area contributed by atoms with E-state index in [4.69, 9.17) is 17.3 Å². The second kappa shape index (κ2) is 6.25. The van der Waals surface area contributed by atoms with Crippen molar-refractivity contribution < 1.29 is 4.48 Å². The number of halogens is 1. The molecule has 106 valence electrons. The molecule has 2 N–H and O–H groups in total. The van der Waals surface area contributed by atoms with Crippen LogP contribution in [0.1, 0.15) is 25.8 Å². The maximum absolute atomic E-state index is 5.97. The Hall–Kier alpha value is -0.570. The zero-order chi connectivity index (χ0) is 13.9. The van der Waals surface area contributed by atoms with Crippen molar-refractivity contribution in [3.05, 3.63) is 34.9 Å². The lowest BCUT2D eigenvalue weighted by Gasteiger charge is -2.36. The van der Waals surface area contributed by atoms with E-state index in [2.05, 4.69) is 26.0 Å². The topological polar surface area (TPSA) is 26.0 Å². The van der Waals surface area contributed by atoms with Gasteiger partial charge in [-0.1, -0.05) is 37.6 Å². The first-order valence-electron chi connectivity index (χ1n) is 7.32. The molecule has 0 bridgehead atoms. The zero-order valence-corrected chi connectivity index (χ0v) is 12.9. The predicted octanol–water partition coefficient (Wildman–Crippen LogP) is 3.29. The van der Waals surface area contributed by atoms with Gasteiger partial charge in [0.1, 0.15) is 6.54 Å². The maximum Gasteiger partial charge on any atom is 0.104 e. The molecule has 1 aliphatic heterocycles. The summed E-state index contributed by atoms with van der Waals surface area (Å²) < 4.78 is 1.20. The van der Waals surface area contributed by atoms with E-state index in [1.54, 1.807) is 0 Å². The van der Waals surface area contributed by atoms with Crippen LogP contribution < -0.4 is 5.73 Å². The highest BCUT2D eigenvalue weighted by Crippen LogP contribution is 2.29. The SMILES string of the molecule is CC(C)C[N+]1(Cc2ccc(Cl)cc2)CC[C@H](CN)C1. The fourth-order valence-electron chi connectivity index (χ4n) is 3.50.